The predicted molar refractivity (Wildman–Crippen MR) is 89.4 cm³/mol. The van der Waals surface area contributed by atoms with Crippen LogP contribution in [0.15, 0.2) is 24.3 Å². The van der Waals surface area contributed by atoms with Crippen LogP contribution < -0.4 is 9.80 Å². The zero-order valence-corrected chi connectivity index (χ0v) is 13.5. The Hall–Kier alpha value is -1.71. The van der Waals surface area contributed by atoms with E-state index < -0.39 is 5.97 Å². The van der Waals surface area contributed by atoms with Crippen molar-refractivity contribution in [3.63, 3.8) is 0 Å². The number of anilines is 2. The number of rotatable bonds is 10. The molecule has 0 aliphatic carbocycles. The lowest BCUT2D eigenvalue weighted by atomic mass is 10.2. The number of unbranched alkanes of at least 4 members (excludes halogenated alkanes) is 1. The van der Waals surface area contributed by atoms with Gasteiger partial charge in [-0.2, -0.15) is 0 Å². The first-order valence-corrected chi connectivity index (χ1v) is 7.94. The van der Waals surface area contributed by atoms with Crippen LogP contribution in [0.5, 0.6) is 0 Å². The molecule has 0 spiro atoms. The van der Waals surface area contributed by atoms with Crippen molar-refractivity contribution in [2.75, 3.05) is 36.0 Å². The molecule has 0 aromatic heterocycles. The van der Waals surface area contributed by atoms with Gasteiger partial charge in [0.05, 0.1) is 6.42 Å². The molecule has 4 nitrogen and oxygen atoms in total. The molecule has 1 N–H and O–H groups in total. The summed E-state index contributed by atoms with van der Waals surface area (Å²) in [6.45, 7) is 9.92. The average molecular weight is 292 g/mol. The Morgan fingerprint density at radius 1 is 0.952 bits per heavy atom. The van der Waals surface area contributed by atoms with Crippen LogP contribution in [0.25, 0.3) is 0 Å². The SMILES string of the molecule is CCCCN(CCC(=O)O)c1ccc(N(CC)CC)cc1. The summed E-state index contributed by atoms with van der Waals surface area (Å²) in [5.41, 5.74) is 2.33. The van der Waals surface area contributed by atoms with Crippen LogP contribution in [-0.2, 0) is 4.79 Å². The summed E-state index contributed by atoms with van der Waals surface area (Å²) < 4.78 is 0. The van der Waals surface area contributed by atoms with Gasteiger partial charge in [-0.3, -0.25) is 4.79 Å². The third-order valence-electron chi connectivity index (χ3n) is 3.72. The average Bonchev–Trinajstić information content (AvgIpc) is 2.49. The Bertz CT molecular complexity index is 413. The number of hydrogen-bond donors (Lipinski definition) is 1. The Balaban J connectivity index is 2.79. The highest BCUT2D eigenvalue weighted by Gasteiger charge is 2.09. The van der Waals surface area contributed by atoms with Crippen LogP contribution in [0.4, 0.5) is 11.4 Å². The highest BCUT2D eigenvalue weighted by molar-refractivity contribution is 5.68. The Labute approximate surface area is 128 Å². The lowest BCUT2D eigenvalue weighted by Gasteiger charge is -2.26. The van der Waals surface area contributed by atoms with Crippen LogP contribution in [0.2, 0.25) is 0 Å². The van der Waals surface area contributed by atoms with Crippen LogP contribution in [-0.4, -0.2) is 37.3 Å². The molecular weight excluding hydrogens is 264 g/mol. The fourth-order valence-electron chi connectivity index (χ4n) is 2.41. The summed E-state index contributed by atoms with van der Waals surface area (Å²) >= 11 is 0. The molecule has 0 fully saturated rings. The number of aliphatic carboxylic acids is 1. The summed E-state index contributed by atoms with van der Waals surface area (Å²) in [7, 11) is 0. The largest absolute Gasteiger partial charge is 0.481 e. The van der Waals surface area contributed by atoms with Gasteiger partial charge in [-0.25, -0.2) is 0 Å². The molecule has 118 valence electrons. The number of nitrogens with zero attached hydrogens (tertiary/aromatic N) is 2. The first kappa shape index (κ1) is 17.3. The van der Waals surface area contributed by atoms with Crippen molar-refractivity contribution in [3.05, 3.63) is 24.3 Å². The third kappa shape index (κ3) is 5.66. The molecule has 1 rings (SSSR count). The lowest BCUT2D eigenvalue weighted by molar-refractivity contribution is -0.136. The maximum Gasteiger partial charge on any atom is 0.305 e. The van der Waals surface area contributed by atoms with Gasteiger partial charge in [0.25, 0.3) is 0 Å². The van der Waals surface area contributed by atoms with Crippen LogP contribution >= 0.6 is 0 Å². The van der Waals surface area contributed by atoms with Gasteiger partial charge < -0.3 is 14.9 Å². The molecule has 21 heavy (non-hydrogen) atoms. The first-order valence-electron chi connectivity index (χ1n) is 7.94. The molecular formula is C17H28N2O2. The lowest BCUT2D eigenvalue weighted by Crippen LogP contribution is -2.27. The summed E-state index contributed by atoms with van der Waals surface area (Å²) in [4.78, 5) is 15.3. The fraction of sp³-hybridized carbons (Fsp3) is 0.588. The van der Waals surface area contributed by atoms with Gasteiger partial charge in [-0.1, -0.05) is 13.3 Å². The van der Waals surface area contributed by atoms with Gasteiger partial charge in [0.1, 0.15) is 0 Å². The number of benzene rings is 1. The summed E-state index contributed by atoms with van der Waals surface area (Å²) in [5.74, 6) is -0.740. The topological polar surface area (TPSA) is 43.8 Å². The Morgan fingerprint density at radius 3 is 1.90 bits per heavy atom. The molecule has 0 radical (unpaired) electrons. The van der Waals surface area contributed by atoms with Crippen LogP contribution in [0.3, 0.4) is 0 Å². The fourth-order valence-corrected chi connectivity index (χ4v) is 2.41. The minimum absolute atomic E-state index is 0.182. The van der Waals surface area contributed by atoms with Gasteiger partial charge in [0.15, 0.2) is 0 Å². The van der Waals surface area contributed by atoms with E-state index in [0.717, 1.165) is 38.2 Å². The van der Waals surface area contributed by atoms with Crippen molar-refractivity contribution in [1.29, 1.82) is 0 Å². The molecule has 0 saturated carbocycles. The number of hydrogen-bond acceptors (Lipinski definition) is 3. The zero-order valence-electron chi connectivity index (χ0n) is 13.5. The Morgan fingerprint density at radius 2 is 1.48 bits per heavy atom. The quantitative estimate of drug-likeness (QED) is 0.715. The van der Waals surface area contributed by atoms with Crippen molar-refractivity contribution < 1.29 is 9.90 Å². The van der Waals surface area contributed by atoms with E-state index in [1.807, 2.05) is 0 Å². The summed E-state index contributed by atoms with van der Waals surface area (Å²) in [6, 6.07) is 8.46. The number of carboxylic acid groups (broad SMARTS) is 1. The molecule has 0 saturated heterocycles. The molecule has 0 heterocycles. The second-order valence-corrected chi connectivity index (χ2v) is 5.17. The predicted octanol–water partition coefficient (Wildman–Crippen LogP) is 3.61. The van der Waals surface area contributed by atoms with Crippen LogP contribution in [0.1, 0.15) is 40.0 Å². The standard InChI is InChI=1S/C17H28N2O2/c1-4-7-13-19(14-12-17(20)21)16-10-8-15(9-11-16)18(5-2)6-3/h8-11H,4-7,12-14H2,1-3H3,(H,20,21). The molecule has 0 bridgehead atoms. The molecule has 0 unspecified atom stereocenters. The van der Waals surface area contributed by atoms with Crippen molar-refractivity contribution in [3.8, 4) is 0 Å². The minimum atomic E-state index is -0.740. The van der Waals surface area contributed by atoms with E-state index in [2.05, 4.69) is 54.8 Å². The van der Waals surface area contributed by atoms with Gasteiger partial charge >= 0.3 is 5.97 Å². The molecule has 0 aliphatic rings. The summed E-state index contributed by atoms with van der Waals surface area (Å²) in [6.07, 6.45) is 2.38. The molecule has 0 atom stereocenters. The molecule has 0 aliphatic heterocycles. The molecule has 4 heteroatoms. The molecule has 0 amide bonds. The number of carbonyl (C=O) groups is 1. The van der Waals surface area contributed by atoms with Crippen molar-refractivity contribution in [2.45, 2.75) is 40.0 Å². The smallest absolute Gasteiger partial charge is 0.305 e. The molecule has 1 aromatic carbocycles. The van der Waals surface area contributed by atoms with Crippen LogP contribution in [0, 0.1) is 0 Å². The van der Waals surface area contributed by atoms with Crippen molar-refractivity contribution >= 4 is 17.3 Å². The van der Waals surface area contributed by atoms with E-state index in [4.69, 9.17) is 5.11 Å². The van der Waals surface area contributed by atoms with Gasteiger partial charge in [-0.15, -0.1) is 0 Å². The van der Waals surface area contributed by atoms with E-state index in [1.165, 1.54) is 5.69 Å². The third-order valence-corrected chi connectivity index (χ3v) is 3.72. The van der Waals surface area contributed by atoms with Crippen molar-refractivity contribution in [1.82, 2.24) is 0 Å². The number of carboxylic acids is 1. The zero-order chi connectivity index (χ0) is 15.7. The van der Waals surface area contributed by atoms with Gasteiger partial charge in [0.2, 0.25) is 0 Å². The maximum atomic E-state index is 10.8. The normalized spacial score (nSPS) is 10.4. The van der Waals surface area contributed by atoms with Crippen molar-refractivity contribution in [2.24, 2.45) is 0 Å². The van der Waals surface area contributed by atoms with E-state index in [0.29, 0.717) is 6.54 Å². The maximum absolute atomic E-state index is 10.8. The second kappa shape index (κ2) is 9.27. The van der Waals surface area contributed by atoms with E-state index in [1.54, 1.807) is 0 Å². The van der Waals surface area contributed by atoms with Gasteiger partial charge in [-0.05, 0) is 44.5 Å². The highest BCUT2D eigenvalue weighted by Crippen LogP contribution is 2.21. The monoisotopic (exact) mass is 292 g/mol. The first-order chi connectivity index (χ1) is 10.1. The van der Waals surface area contributed by atoms with Gasteiger partial charge in [0, 0.05) is 37.6 Å². The Kier molecular flexibility index (Phi) is 7.65. The highest BCUT2D eigenvalue weighted by atomic mass is 16.4. The molecule has 1 aromatic rings. The minimum Gasteiger partial charge on any atom is -0.481 e. The van der Waals surface area contributed by atoms with E-state index >= 15 is 0 Å². The summed E-state index contributed by atoms with van der Waals surface area (Å²) in [5, 5.41) is 8.88. The van der Waals surface area contributed by atoms with E-state index in [9.17, 15) is 4.79 Å². The van der Waals surface area contributed by atoms with E-state index in [-0.39, 0.29) is 6.42 Å². The second-order valence-electron chi connectivity index (χ2n) is 5.17.